The number of aromatic nitrogens is 2. The molecular formula is C14H11ClF3N5. The van der Waals surface area contributed by atoms with E-state index < -0.39 is 11.9 Å². The van der Waals surface area contributed by atoms with Gasteiger partial charge in [0.1, 0.15) is 0 Å². The predicted molar refractivity (Wildman–Crippen MR) is 79.0 cm³/mol. The first-order valence-corrected chi connectivity index (χ1v) is 7.32. The summed E-state index contributed by atoms with van der Waals surface area (Å²) in [6.45, 7) is 0. The van der Waals surface area contributed by atoms with Gasteiger partial charge in [0.15, 0.2) is 5.69 Å². The number of hydrogen-bond acceptors (Lipinski definition) is 2. The standard InChI is InChI=1S/C14H11ClF3N5/c15-10-7-8(20-22-19)5-6-12(10)23-11-4-2-1-3-9(11)13(21-23)14(16,17)18/h5-7H,1-4H2. The highest BCUT2D eigenvalue weighted by atomic mass is 35.5. The van der Waals surface area contributed by atoms with Crippen LogP contribution in [0.25, 0.3) is 16.1 Å². The van der Waals surface area contributed by atoms with E-state index >= 15 is 0 Å². The molecule has 0 N–H and O–H groups in total. The van der Waals surface area contributed by atoms with Crippen LogP contribution in [0.4, 0.5) is 18.9 Å². The first-order chi connectivity index (χ1) is 10.9. The van der Waals surface area contributed by atoms with Gasteiger partial charge in [-0.3, -0.25) is 0 Å². The molecule has 0 radical (unpaired) electrons. The zero-order chi connectivity index (χ0) is 16.6. The van der Waals surface area contributed by atoms with Gasteiger partial charge in [-0.1, -0.05) is 22.8 Å². The van der Waals surface area contributed by atoms with E-state index in [1.54, 1.807) is 0 Å². The Balaban J connectivity index is 2.17. The molecule has 0 bridgehead atoms. The van der Waals surface area contributed by atoms with Gasteiger partial charge in [0.2, 0.25) is 0 Å². The monoisotopic (exact) mass is 341 g/mol. The minimum absolute atomic E-state index is 0.180. The van der Waals surface area contributed by atoms with Gasteiger partial charge in [0, 0.05) is 21.9 Å². The summed E-state index contributed by atoms with van der Waals surface area (Å²) in [5.41, 5.74) is 9.00. The lowest BCUT2D eigenvalue weighted by Crippen LogP contribution is -2.11. The fourth-order valence-corrected chi connectivity index (χ4v) is 3.06. The summed E-state index contributed by atoms with van der Waals surface area (Å²) in [6, 6.07) is 4.40. The Bertz CT molecular complexity index is 805. The molecule has 1 aliphatic rings. The molecule has 9 heteroatoms. The first-order valence-electron chi connectivity index (χ1n) is 6.95. The molecule has 0 spiro atoms. The molecule has 0 atom stereocenters. The van der Waals surface area contributed by atoms with E-state index in [2.05, 4.69) is 15.1 Å². The number of hydrogen-bond donors (Lipinski definition) is 0. The molecule has 2 aromatic rings. The largest absolute Gasteiger partial charge is 0.435 e. The van der Waals surface area contributed by atoms with Crippen LogP contribution in [0.15, 0.2) is 23.3 Å². The fourth-order valence-electron chi connectivity index (χ4n) is 2.81. The molecule has 0 saturated carbocycles. The van der Waals surface area contributed by atoms with Gasteiger partial charge >= 0.3 is 6.18 Å². The fraction of sp³-hybridized carbons (Fsp3) is 0.357. The maximum atomic E-state index is 13.2. The molecule has 3 rings (SSSR count). The van der Waals surface area contributed by atoms with Crippen molar-refractivity contribution < 1.29 is 13.2 Å². The number of alkyl halides is 3. The van der Waals surface area contributed by atoms with Crippen LogP contribution < -0.4 is 0 Å². The summed E-state index contributed by atoms with van der Waals surface area (Å²) in [5.74, 6) is 0. The van der Waals surface area contributed by atoms with Crippen LogP contribution in [0.1, 0.15) is 29.8 Å². The van der Waals surface area contributed by atoms with Crippen molar-refractivity contribution in [2.24, 2.45) is 5.11 Å². The van der Waals surface area contributed by atoms with Crippen LogP contribution in [-0.2, 0) is 19.0 Å². The van der Waals surface area contributed by atoms with Gasteiger partial charge in [0.05, 0.1) is 10.7 Å². The van der Waals surface area contributed by atoms with Crippen LogP contribution in [0.3, 0.4) is 0 Å². The summed E-state index contributed by atoms with van der Waals surface area (Å²) in [4.78, 5) is 2.65. The molecule has 5 nitrogen and oxygen atoms in total. The molecule has 1 aromatic carbocycles. The quantitative estimate of drug-likeness (QED) is 0.411. The SMILES string of the molecule is [N-]=[N+]=Nc1ccc(-n2nc(C(F)(F)F)c3c2CCCC3)c(Cl)c1. The number of fused-ring (bicyclic) bond motifs is 1. The summed E-state index contributed by atoms with van der Waals surface area (Å²) >= 11 is 6.14. The summed E-state index contributed by atoms with van der Waals surface area (Å²) in [7, 11) is 0. The Hall–Kier alpha value is -2.18. The second-order valence-electron chi connectivity index (χ2n) is 5.22. The molecule has 0 aliphatic heterocycles. The number of benzene rings is 1. The lowest BCUT2D eigenvalue weighted by atomic mass is 9.95. The Morgan fingerprint density at radius 1 is 1.26 bits per heavy atom. The Morgan fingerprint density at radius 3 is 2.65 bits per heavy atom. The van der Waals surface area contributed by atoms with Gasteiger partial charge in [-0.05, 0) is 43.3 Å². The van der Waals surface area contributed by atoms with E-state index in [9.17, 15) is 13.2 Å². The van der Waals surface area contributed by atoms with E-state index in [0.29, 0.717) is 36.3 Å². The summed E-state index contributed by atoms with van der Waals surface area (Å²) in [6.07, 6.45) is -2.09. The minimum atomic E-state index is -4.50. The maximum absolute atomic E-state index is 13.2. The molecule has 0 fully saturated rings. The molecule has 1 aliphatic carbocycles. The number of nitrogens with zero attached hydrogens (tertiary/aromatic N) is 5. The Kier molecular flexibility index (Phi) is 3.95. The first kappa shape index (κ1) is 15.7. The Labute approximate surface area is 134 Å². The van der Waals surface area contributed by atoms with Crippen molar-refractivity contribution in [3.63, 3.8) is 0 Å². The number of azide groups is 1. The third-order valence-electron chi connectivity index (χ3n) is 3.77. The normalized spacial score (nSPS) is 14.3. The number of rotatable bonds is 2. The van der Waals surface area contributed by atoms with Gasteiger partial charge < -0.3 is 0 Å². The van der Waals surface area contributed by atoms with E-state index in [1.165, 1.54) is 22.9 Å². The lowest BCUT2D eigenvalue weighted by molar-refractivity contribution is -0.142. The van der Waals surface area contributed by atoms with E-state index in [-0.39, 0.29) is 10.6 Å². The van der Waals surface area contributed by atoms with Crippen LogP contribution in [-0.4, -0.2) is 9.78 Å². The summed E-state index contributed by atoms with van der Waals surface area (Å²) in [5, 5.41) is 7.37. The van der Waals surface area contributed by atoms with Crippen molar-refractivity contribution in [1.29, 1.82) is 0 Å². The molecular weight excluding hydrogens is 331 g/mol. The Morgan fingerprint density at radius 2 is 2.00 bits per heavy atom. The number of halogens is 4. The average Bonchev–Trinajstić information content (AvgIpc) is 2.87. The van der Waals surface area contributed by atoms with Crippen LogP contribution in [0.2, 0.25) is 5.02 Å². The lowest BCUT2D eigenvalue weighted by Gasteiger charge is -2.15. The van der Waals surface area contributed by atoms with Crippen LogP contribution in [0, 0.1) is 0 Å². The third kappa shape index (κ3) is 2.87. The van der Waals surface area contributed by atoms with Gasteiger partial charge in [-0.15, -0.1) is 0 Å². The molecule has 1 aromatic heterocycles. The molecule has 0 unspecified atom stereocenters. The zero-order valence-corrected chi connectivity index (χ0v) is 12.6. The topological polar surface area (TPSA) is 66.6 Å². The van der Waals surface area contributed by atoms with E-state index in [4.69, 9.17) is 17.1 Å². The highest BCUT2D eigenvalue weighted by Gasteiger charge is 2.39. The molecule has 120 valence electrons. The molecule has 0 amide bonds. The second-order valence-corrected chi connectivity index (χ2v) is 5.62. The van der Waals surface area contributed by atoms with E-state index in [0.717, 1.165) is 6.42 Å². The van der Waals surface area contributed by atoms with E-state index in [1.807, 2.05) is 0 Å². The molecule has 1 heterocycles. The van der Waals surface area contributed by atoms with Crippen molar-refractivity contribution in [2.45, 2.75) is 31.9 Å². The van der Waals surface area contributed by atoms with Gasteiger partial charge in [-0.25, -0.2) is 4.68 Å². The molecule has 23 heavy (non-hydrogen) atoms. The van der Waals surface area contributed by atoms with Crippen LogP contribution in [0.5, 0.6) is 0 Å². The van der Waals surface area contributed by atoms with Crippen molar-refractivity contribution in [2.75, 3.05) is 0 Å². The van der Waals surface area contributed by atoms with Crippen LogP contribution >= 0.6 is 11.6 Å². The van der Waals surface area contributed by atoms with Crippen molar-refractivity contribution >= 4 is 17.3 Å². The third-order valence-corrected chi connectivity index (χ3v) is 4.07. The zero-order valence-electron chi connectivity index (χ0n) is 11.8. The van der Waals surface area contributed by atoms with Crippen molar-refractivity contribution in [3.8, 4) is 5.69 Å². The summed E-state index contributed by atoms with van der Waals surface area (Å²) < 4.78 is 40.9. The second kappa shape index (κ2) is 5.79. The highest BCUT2D eigenvalue weighted by molar-refractivity contribution is 6.32. The van der Waals surface area contributed by atoms with Crippen molar-refractivity contribution in [1.82, 2.24) is 9.78 Å². The molecule has 0 saturated heterocycles. The maximum Gasteiger partial charge on any atom is 0.435 e. The van der Waals surface area contributed by atoms with Gasteiger partial charge in [0.25, 0.3) is 0 Å². The predicted octanol–water partition coefficient (Wildman–Crippen LogP) is 5.37. The van der Waals surface area contributed by atoms with Gasteiger partial charge in [-0.2, -0.15) is 18.3 Å². The smallest absolute Gasteiger partial charge is 0.235 e. The average molecular weight is 342 g/mol. The highest BCUT2D eigenvalue weighted by Crippen LogP contribution is 2.38. The van der Waals surface area contributed by atoms with Crippen molar-refractivity contribution in [3.05, 3.63) is 50.6 Å². The minimum Gasteiger partial charge on any atom is -0.235 e.